The summed E-state index contributed by atoms with van der Waals surface area (Å²) in [6, 6.07) is 4.66. The van der Waals surface area contributed by atoms with Gasteiger partial charge in [0.05, 0.1) is 4.90 Å². The van der Waals surface area contributed by atoms with Crippen molar-refractivity contribution in [2.75, 3.05) is 19.6 Å². The first-order valence-corrected chi connectivity index (χ1v) is 7.63. The number of benzene rings is 1. The second-order valence-electron chi connectivity index (χ2n) is 4.82. The summed E-state index contributed by atoms with van der Waals surface area (Å²) in [4.78, 5) is 2.46. The van der Waals surface area contributed by atoms with Crippen molar-refractivity contribution in [2.45, 2.75) is 17.7 Å². The zero-order chi connectivity index (χ0) is 12.8. The topological polar surface area (TPSA) is 57.6 Å². The van der Waals surface area contributed by atoms with Gasteiger partial charge in [-0.3, -0.25) is 4.90 Å². The van der Waals surface area contributed by atoms with Crippen molar-refractivity contribution in [3.8, 4) is 5.75 Å². The zero-order valence-electron chi connectivity index (χ0n) is 9.96. The molecule has 96 valence electrons. The minimum Gasteiger partial charge on any atom is -0.507 e. The fourth-order valence-electron chi connectivity index (χ4n) is 2.69. The van der Waals surface area contributed by atoms with Crippen molar-refractivity contribution in [2.24, 2.45) is 0 Å². The van der Waals surface area contributed by atoms with Gasteiger partial charge in [0.2, 0.25) is 9.84 Å². The molecule has 0 aliphatic carbocycles. The van der Waals surface area contributed by atoms with Gasteiger partial charge < -0.3 is 5.11 Å². The van der Waals surface area contributed by atoms with Gasteiger partial charge in [-0.1, -0.05) is 6.07 Å². The van der Waals surface area contributed by atoms with Gasteiger partial charge in [-0.2, -0.15) is 0 Å². The van der Waals surface area contributed by atoms with Gasteiger partial charge in [-0.15, -0.1) is 0 Å². The number of phenols is 1. The molecule has 1 fully saturated rings. The van der Waals surface area contributed by atoms with E-state index < -0.39 is 9.84 Å². The molecule has 3 rings (SSSR count). The van der Waals surface area contributed by atoms with Crippen LogP contribution in [-0.2, 0) is 9.84 Å². The fraction of sp³-hybridized carbons (Fsp3) is 0.385. The molecule has 0 radical (unpaired) electrons. The lowest BCUT2D eigenvalue weighted by Gasteiger charge is -2.16. The second-order valence-corrected chi connectivity index (χ2v) is 6.59. The number of fused-ring (bicyclic) bond motifs is 1. The largest absolute Gasteiger partial charge is 0.507 e. The predicted octanol–water partition coefficient (Wildman–Crippen LogP) is 1.62. The third-order valence-corrected chi connectivity index (χ3v) is 5.07. The number of sulfone groups is 1. The number of aromatic hydroxyl groups is 1. The molecule has 0 spiro atoms. The van der Waals surface area contributed by atoms with E-state index in [4.69, 9.17) is 0 Å². The summed E-state index contributed by atoms with van der Waals surface area (Å²) < 4.78 is 24.0. The molecular formula is C13H15NO3S. The van der Waals surface area contributed by atoms with Crippen LogP contribution in [0.4, 0.5) is 0 Å². The zero-order valence-corrected chi connectivity index (χ0v) is 10.8. The molecule has 4 nitrogen and oxygen atoms in total. The molecule has 0 aromatic heterocycles. The molecule has 1 aromatic rings. The maximum absolute atomic E-state index is 12.0. The van der Waals surface area contributed by atoms with Crippen molar-refractivity contribution >= 4 is 15.4 Å². The quantitative estimate of drug-likeness (QED) is 0.882. The molecule has 1 aromatic carbocycles. The Morgan fingerprint density at radius 1 is 1.22 bits per heavy atom. The summed E-state index contributed by atoms with van der Waals surface area (Å²) in [5, 5.41) is 11.2. The van der Waals surface area contributed by atoms with Crippen molar-refractivity contribution < 1.29 is 13.5 Å². The van der Waals surface area contributed by atoms with Crippen molar-refractivity contribution in [1.29, 1.82) is 0 Å². The van der Waals surface area contributed by atoms with Gasteiger partial charge in [-0.25, -0.2) is 8.42 Å². The summed E-state index contributed by atoms with van der Waals surface area (Å²) in [5.41, 5.74) is 1.20. The lowest BCUT2D eigenvalue weighted by Crippen LogP contribution is -2.21. The summed E-state index contributed by atoms with van der Waals surface area (Å²) >= 11 is 0. The van der Waals surface area contributed by atoms with E-state index in [1.807, 2.05) is 0 Å². The monoisotopic (exact) mass is 265 g/mol. The Kier molecular flexibility index (Phi) is 2.68. The average molecular weight is 265 g/mol. The van der Waals surface area contributed by atoms with Crippen LogP contribution in [0.15, 0.2) is 28.5 Å². The van der Waals surface area contributed by atoms with Crippen LogP contribution in [-0.4, -0.2) is 38.1 Å². The summed E-state index contributed by atoms with van der Waals surface area (Å²) in [7, 11) is -3.37. The first-order valence-electron chi connectivity index (χ1n) is 6.08. The van der Waals surface area contributed by atoms with E-state index >= 15 is 0 Å². The first-order chi connectivity index (χ1) is 8.58. The molecule has 0 amide bonds. The van der Waals surface area contributed by atoms with E-state index in [0.29, 0.717) is 17.7 Å². The van der Waals surface area contributed by atoms with Crippen LogP contribution in [0.25, 0.3) is 5.57 Å². The number of likely N-dealkylation sites (tertiary alicyclic amines) is 1. The van der Waals surface area contributed by atoms with Gasteiger partial charge in [0.1, 0.15) is 5.75 Å². The van der Waals surface area contributed by atoms with Crippen molar-refractivity contribution in [3.63, 3.8) is 0 Å². The van der Waals surface area contributed by atoms with E-state index in [1.165, 1.54) is 11.5 Å². The highest BCUT2D eigenvalue weighted by atomic mass is 32.2. The minimum absolute atomic E-state index is 0.0546. The van der Waals surface area contributed by atoms with Gasteiger partial charge in [-0.05, 0) is 43.6 Å². The van der Waals surface area contributed by atoms with Crippen LogP contribution in [0.3, 0.4) is 0 Å². The van der Waals surface area contributed by atoms with E-state index in [0.717, 1.165) is 25.9 Å². The Morgan fingerprint density at radius 2 is 1.94 bits per heavy atom. The molecular weight excluding hydrogens is 250 g/mol. The van der Waals surface area contributed by atoms with Crippen LogP contribution < -0.4 is 0 Å². The van der Waals surface area contributed by atoms with Crippen LogP contribution in [0, 0.1) is 0 Å². The average Bonchev–Trinajstić information content (AvgIpc) is 2.88. The van der Waals surface area contributed by atoms with Crippen LogP contribution in [0.1, 0.15) is 18.4 Å². The maximum atomic E-state index is 12.0. The summed E-state index contributed by atoms with van der Waals surface area (Å²) in [6.07, 6.45) is 2.32. The van der Waals surface area contributed by atoms with Gasteiger partial charge >= 0.3 is 0 Å². The van der Waals surface area contributed by atoms with Crippen LogP contribution in [0.5, 0.6) is 5.75 Å². The summed E-state index contributed by atoms with van der Waals surface area (Å²) in [5.74, 6) is 0.0546. The second kappa shape index (κ2) is 4.10. The van der Waals surface area contributed by atoms with Gasteiger partial charge in [0.25, 0.3) is 0 Å². The molecule has 18 heavy (non-hydrogen) atoms. The Morgan fingerprint density at radius 3 is 2.67 bits per heavy atom. The highest BCUT2D eigenvalue weighted by Crippen LogP contribution is 2.39. The molecule has 0 atom stereocenters. The van der Waals surface area contributed by atoms with Crippen molar-refractivity contribution in [3.05, 3.63) is 29.2 Å². The smallest absolute Gasteiger partial charge is 0.200 e. The number of nitrogens with zero attached hydrogens (tertiary/aromatic N) is 1. The van der Waals surface area contributed by atoms with Gasteiger partial charge in [0, 0.05) is 17.5 Å². The predicted molar refractivity (Wildman–Crippen MR) is 68.9 cm³/mol. The molecule has 5 heteroatoms. The standard InChI is InChI=1S/C13H15NO3S/c15-11-4-3-5-12-13(11)10(9-18(12,16)17)8-14-6-1-2-7-14/h3-5,9,15H,1-2,6-8H2. The van der Waals surface area contributed by atoms with Crippen molar-refractivity contribution in [1.82, 2.24) is 4.90 Å². The first kappa shape index (κ1) is 11.7. The SMILES string of the molecule is O=S1(=O)C=C(CN2CCCC2)c2c(O)cccc21. The number of rotatable bonds is 2. The van der Waals surface area contributed by atoms with E-state index in [-0.39, 0.29) is 10.6 Å². The van der Waals surface area contributed by atoms with Crippen LogP contribution in [0.2, 0.25) is 0 Å². The molecule has 0 unspecified atom stereocenters. The number of hydrogen-bond acceptors (Lipinski definition) is 4. The van der Waals surface area contributed by atoms with E-state index in [2.05, 4.69) is 4.90 Å². The third kappa shape index (κ3) is 1.83. The normalized spacial score (nSPS) is 21.9. The number of hydrogen-bond donors (Lipinski definition) is 1. The maximum Gasteiger partial charge on any atom is 0.200 e. The minimum atomic E-state index is -3.37. The van der Waals surface area contributed by atoms with Gasteiger partial charge in [0.15, 0.2) is 0 Å². The Hall–Kier alpha value is -1.33. The van der Waals surface area contributed by atoms with E-state index in [9.17, 15) is 13.5 Å². The molecule has 2 aliphatic heterocycles. The highest BCUT2D eigenvalue weighted by molar-refractivity contribution is 7.95. The highest BCUT2D eigenvalue weighted by Gasteiger charge is 2.30. The molecule has 2 aliphatic rings. The van der Waals surface area contributed by atoms with Crippen LogP contribution >= 0.6 is 0 Å². The lowest BCUT2D eigenvalue weighted by molar-refractivity contribution is 0.382. The number of phenolic OH excluding ortho intramolecular Hbond substituents is 1. The molecule has 2 heterocycles. The fourth-order valence-corrected chi connectivity index (χ4v) is 4.17. The Bertz CT molecular complexity index is 613. The Labute approximate surface area is 106 Å². The lowest BCUT2D eigenvalue weighted by atomic mass is 10.1. The Balaban J connectivity index is 2.02. The molecule has 0 saturated carbocycles. The third-order valence-electron chi connectivity index (χ3n) is 3.52. The van der Waals surface area contributed by atoms with E-state index in [1.54, 1.807) is 12.1 Å². The molecule has 0 bridgehead atoms. The summed E-state index contributed by atoms with van der Waals surface area (Å²) in [6.45, 7) is 2.60. The molecule has 1 N–H and O–H groups in total. The molecule has 1 saturated heterocycles.